The Hall–Kier alpha value is -2.58. The van der Waals surface area contributed by atoms with Gasteiger partial charge in [-0.15, -0.1) is 0 Å². The van der Waals surface area contributed by atoms with Gasteiger partial charge in [-0.2, -0.15) is 0 Å². The van der Waals surface area contributed by atoms with E-state index in [1.807, 2.05) is 6.92 Å². The summed E-state index contributed by atoms with van der Waals surface area (Å²) in [5.74, 6) is 1.35. The normalized spacial score (nSPS) is 14.4. The fourth-order valence-electron chi connectivity index (χ4n) is 3.12. The van der Waals surface area contributed by atoms with Crippen LogP contribution in [-0.2, 0) is 14.8 Å². The van der Waals surface area contributed by atoms with Gasteiger partial charge in [-0.3, -0.25) is 4.79 Å². The third kappa shape index (κ3) is 4.63. The van der Waals surface area contributed by atoms with Gasteiger partial charge in [0.05, 0.1) is 12.0 Å². The van der Waals surface area contributed by atoms with Gasteiger partial charge in [0.25, 0.3) is 0 Å². The lowest BCUT2D eigenvalue weighted by molar-refractivity contribution is -0.117. The molecule has 2 aromatic rings. The Kier molecular flexibility index (Phi) is 6.21. The maximum absolute atomic E-state index is 12.5. The van der Waals surface area contributed by atoms with E-state index in [4.69, 9.17) is 9.47 Å². The number of rotatable bonds is 8. The van der Waals surface area contributed by atoms with Crippen molar-refractivity contribution in [3.63, 3.8) is 0 Å². The van der Waals surface area contributed by atoms with Crippen LogP contribution in [0.2, 0.25) is 0 Å². The fraction of sp³-hybridized carbons (Fsp3) is 0.350. The predicted octanol–water partition coefficient (Wildman–Crippen LogP) is 2.49. The van der Waals surface area contributed by atoms with E-state index in [1.54, 1.807) is 48.4 Å². The molecule has 8 heteroatoms. The van der Waals surface area contributed by atoms with Crippen molar-refractivity contribution in [1.29, 1.82) is 0 Å². The molecule has 1 aliphatic heterocycles. The highest BCUT2D eigenvalue weighted by Gasteiger charge is 2.24. The van der Waals surface area contributed by atoms with Crippen LogP contribution in [0.25, 0.3) is 0 Å². The minimum Gasteiger partial charge on any atom is -0.497 e. The summed E-state index contributed by atoms with van der Waals surface area (Å²) in [6.07, 6.45) is 1.36. The van der Waals surface area contributed by atoms with Crippen LogP contribution in [0.5, 0.6) is 11.5 Å². The summed E-state index contributed by atoms with van der Waals surface area (Å²) in [5.41, 5.74) is 1.52. The number of carbonyl (C=O) groups excluding carboxylic acids is 1. The molecule has 1 amide bonds. The molecule has 1 saturated heterocycles. The van der Waals surface area contributed by atoms with Crippen LogP contribution in [0.1, 0.15) is 18.4 Å². The van der Waals surface area contributed by atoms with E-state index in [9.17, 15) is 13.2 Å². The molecule has 1 heterocycles. The fourth-order valence-corrected chi connectivity index (χ4v) is 4.22. The smallest absolute Gasteiger partial charge is 0.240 e. The van der Waals surface area contributed by atoms with Crippen LogP contribution in [0.3, 0.4) is 0 Å². The lowest BCUT2D eigenvalue weighted by atomic mass is 10.2. The Balaban J connectivity index is 1.59. The number of anilines is 1. The number of hydrogen-bond donors (Lipinski definition) is 1. The number of ether oxygens (including phenoxy) is 2. The van der Waals surface area contributed by atoms with Crippen LogP contribution in [0, 0.1) is 6.92 Å². The summed E-state index contributed by atoms with van der Waals surface area (Å²) in [4.78, 5) is 13.8. The molecule has 28 heavy (non-hydrogen) atoms. The zero-order valence-corrected chi connectivity index (χ0v) is 16.8. The SMILES string of the molecule is COc1cccc(OCCNS(=O)(=O)c2ccc(N3CCCC3=O)c(C)c2)c1. The molecule has 1 aliphatic rings. The van der Waals surface area contributed by atoms with E-state index in [0.29, 0.717) is 24.5 Å². The molecule has 150 valence electrons. The zero-order valence-electron chi connectivity index (χ0n) is 16.0. The minimum absolute atomic E-state index is 0.0755. The molecule has 0 aliphatic carbocycles. The van der Waals surface area contributed by atoms with Gasteiger partial charge in [-0.05, 0) is 49.2 Å². The van der Waals surface area contributed by atoms with Crippen LogP contribution in [0.15, 0.2) is 47.4 Å². The molecule has 0 spiro atoms. The molecule has 1 N–H and O–H groups in total. The van der Waals surface area contributed by atoms with Gasteiger partial charge in [0.1, 0.15) is 18.1 Å². The molecule has 0 aromatic heterocycles. The topological polar surface area (TPSA) is 84.9 Å². The molecule has 1 fully saturated rings. The first-order valence-electron chi connectivity index (χ1n) is 9.08. The number of nitrogens with zero attached hydrogens (tertiary/aromatic N) is 1. The first kappa shape index (κ1) is 20.2. The van der Waals surface area contributed by atoms with E-state index in [1.165, 1.54) is 6.07 Å². The van der Waals surface area contributed by atoms with Crippen molar-refractivity contribution in [1.82, 2.24) is 4.72 Å². The van der Waals surface area contributed by atoms with E-state index in [2.05, 4.69) is 4.72 Å². The average molecular weight is 404 g/mol. The quantitative estimate of drug-likeness (QED) is 0.684. The number of hydrogen-bond acceptors (Lipinski definition) is 5. The predicted molar refractivity (Wildman–Crippen MR) is 106 cm³/mol. The third-order valence-corrected chi connectivity index (χ3v) is 6.01. The standard InChI is InChI=1S/C20H24N2O5S/c1-15-13-18(8-9-19(15)22-11-4-7-20(22)23)28(24,25)21-10-12-27-17-6-3-5-16(14-17)26-2/h3,5-6,8-9,13-14,21H,4,7,10-12H2,1-2H3. The summed E-state index contributed by atoms with van der Waals surface area (Å²) in [6.45, 7) is 2.80. The highest BCUT2D eigenvalue weighted by molar-refractivity contribution is 7.89. The molecule has 3 rings (SSSR count). The van der Waals surface area contributed by atoms with Gasteiger partial charge in [-0.1, -0.05) is 6.07 Å². The van der Waals surface area contributed by atoms with Crippen molar-refractivity contribution in [2.24, 2.45) is 0 Å². The highest BCUT2D eigenvalue weighted by atomic mass is 32.2. The maximum Gasteiger partial charge on any atom is 0.240 e. The monoisotopic (exact) mass is 404 g/mol. The molecule has 0 saturated carbocycles. The molecule has 0 atom stereocenters. The first-order chi connectivity index (χ1) is 13.4. The second-order valence-electron chi connectivity index (χ2n) is 6.52. The van der Waals surface area contributed by atoms with E-state index in [-0.39, 0.29) is 24.0 Å². The second-order valence-corrected chi connectivity index (χ2v) is 8.29. The van der Waals surface area contributed by atoms with Crippen molar-refractivity contribution in [3.05, 3.63) is 48.0 Å². The highest BCUT2D eigenvalue weighted by Crippen LogP contribution is 2.27. The number of amides is 1. The zero-order chi connectivity index (χ0) is 20.1. The Morgan fingerprint density at radius 1 is 1.14 bits per heavy atom. The van der Waals surface area contributed by atoms with Gasteiger partial charge in [0, 0.05) is 31.3 Å². The van der Waals surface area contributed by atoms with E-state index < -0.39 is 10.0 Å². The average Bonchev–Trinajstić information content (AvgIpc) is 3.11. The summed E-state index contributed by atoms with van der Waals surface area (Å²) in [6, 6.07) is 11.9. The maximum atomic E-state index is 12.5. The molecular formula is C20H24N2O5S. The van der Waals surface area contributed by atoms with Crippen LogP contribution < -0.4 is 19.1 Å². The number of aryl methyl sites for hydroxylation is 1. The minimum atomic E-state index is -3.66. The Morgan fingerprint density at radius 2 is 1.93 bits per heavy atom. The number of sulfonamides is 1. The third-order valence-electron chi connectivity index (χ3n) is 4.55. The largest absolute Gasteiger partial charge is 0.497 e. The van der Waals surface area contributed by atoms with Crippen LogP contribution in [-0.4, -0.2) is 41.1 Å². The van der Waals surface area contributed by atoms with E-state index in [0.717, 1.165) is 17.7 Å². The Labute approximate surface area is 165 Å². The first-order valence-corrected chi connectivity index (χ1v) is 10.6. The van der Waals surface area contributed by atoms with Crippen LogP contribution >= 0.6 is 0 Å². The molecule has 0 bridgehead atoms. The van der Waals surface area contributed by atoms with E-state index >= 15 is 0 Å². The number of methoxy groups -OCH3 is 1. The molecular weight excluding hydrogens is 380 g/mol. The lowest BCUT2D eigenvalue weighted by Crippen LogP contribution is -2.29. The summed E-state index contributed by atoms with van der Waals surface area (Å²) < 4.78 is 38.3. The van der Waals surface area contributed by atoms with Crippen molar-refractivity contribution < 1.29 is 22.7 Å². The van der Waals surface area contributed by atoms with Gasteiger partial charge in [0.2, 0.25) is 15.9 Å². The van der Waals surface area contributed by atoms with Crippen LogP contribution in [0.4, 0.5) is 5.69 Å². The summed E-state index contributed by atoms with van der Waals surface area (Å²) in [7, 11) is -2.09. The van der Waals surface area contributed by atoms with Gasteiger partial charge < -0.3 is 14.4 Å². The Bertz CT molecular complexity index is 959. The van der Waals surface area contributed by atoms with Crippen molar-refractivity contribution >= 4 is 21.6 Å². The number of benzene rings is 2. The summed E-state index contributed by atoms with van der Waals surface area (Å²) >= 11 is 0. The van der Waals surface area contributed by atoms with Crippen molar-refractivity contribution in [2.45, 2.75) is 24.7 Å². The van der Waals surface area contributed by atoms with Gasteiger partial charge in [-0.25, -0.2) is 13.1 Å². The van der Waals surface area contributed by atoms with Gasteiger partial charge >= 0.3 is 0 Å². The van der Waals surface area contributed by atoms with Gasteiger partial charge in [0.15, 0.2) is 0 Å². The number of carbonyl (C=O) groups is 1. The Morgan fingerprint density at radius 3 is 2.61 bits per heavy atom. The summed E-state index contributed by atoms with van der Waals surface area (Å²) in [5, 5.41) is 0. The second kappa shape index (κ2) is 8.62. The molecule has 2 aromatic carbocycles. The lowest BCUT2D eigenvalue weighted by Gasteiger charge is -2.19. The molecule has 0 radical (unpaired) electrons. The van der Waals surface area contributed by atoms with Crippen molar-refractivity contribution in [2.75, 3.05) is 31.7 Å². The molecule has 7 nitrogen and oxygen atoms in total. The molecule has 0 unspecified atom stereocenters. The van der Waals surface area contributed by atoms with Crippen molar-refractivity contribution in [3.8, 4) is 11.5 Å². The number of nitrogens with one attached hydrogen (secondary N) is 1.